The summed E-state index contributed by atoms with van der Waals surface area (Å²) < 4.78 is 10.5. The third-order valence-corrected chi connectivity index (χ3v) is 5.36. The molecule has 0 heterocycles. The van der Waals surface area contributed by atoms with Crippen molar-refractivity contribution in [2.24, 2.45) is 11.7 Å². The lowest BCUT2D eigenvalue weighted by atomic mass is 9.97. The van der Waals surface area contributed by atoms with Crippen molar-refractivity contribution in [3.05, 3.63) is 0 Å². The number of hydrogen-bond donors (Lipinski definition) is 3. The van der Waals surface area contributed by atoms with E-state index in [4.69, 9.17) is 15.2 Å². The maximum atomic E-state index is 12.2. The van der Waals surface area contributed by atoms with Gasteiger partial charge >= 0.3 is 17.9 Å². The van der Waals surface area contributed by atoms with Crippen molar-refractivity contribution in [2.75, 3.05) is 6.61 Å². The standard InChI is InChI=1S/C26H48N2O7/c1-19(2)18-20(23(31)32)28-21(29)14-12-10-8-7-9-11-13-17-34-24(33)26(6,27)16-15-22(30)35-25(3,4)5/h19-20H,7-18,27H2,1-6H3,(H,28,29)(H,31,32)/t20-,26?/m0/s1. The quantitative estimate of drug-likeness (QED) is 0.188. The van der Waals surface area contributed by atoms with E-state index in [1.54, 1.807) is 27.7 Å². The van der Waals surface area contributed by atoms with Gasteiger partial charge in [-0.25, -0.2) is 4.79 Å². The summed E-state index contributed by atoms with van der Waals surface area (Å²) in [5, 5.41) is 11.8. The van der Waals surface area contributed by atoms with Crippen LogP contribution >= 0.6 is 0 Å². The molecule has 2 atom stereocenters. The molecule has 0 aromatic heterocycles. The Hall–Kier alpha value is -2.16. The van der Waals surface area contributed by atoms with E-state index >= 15 is 0 Å². The van der Waals surface area contributed by atoms with Crippen LogP contribution in [0.5, 0.6) is 0 Å². The zero-order chi connectivity index (χ0) is 27.1. The maximum absolute atomic E-state index is 12.2. The van der Waals surface area contributed by atoms with Crippen molar-refractivity contribution in [3.63, 3.8) is 0 Å². The minimum atomic E-state index is -1.23. The Labute approximate surface area is 210 Å². The molecule has 1 unspecified atom stereocenters. The molecule has 0 saturated carbocycles. The first-order valence-electron chi connectivity index (χ1n) is 12.8. The van der Waals surface area contributed by atoms with Gasteiger partial charge in [-0.05, 0) is 59.3 Å². The summed E-state index contributed by atoms with van der Waals surface area (Å²) in [7, 11) is 0. The van der Waals surface area contributed by atoms with E-state index in [0.717, 1.165) is 44.9 Å². The summed E-state index contributed by atoms with van der Waals surface area (Å²) in [5.41, 5.74) is 4.22. The van der Waals surface area contributed by atoms with Gasteiger partial charge in [0.2, 0.25) is 5.91 Å². The van der Waals surface area contributed by atoms with Crippen LogP contribution in [-0.2, 0) is 28.7 Å². The van der Waals surface area contributed by atoms with E-state index in [0.29, 0.717) is 19.4 Å². The highest BCUT2D eigenvalue weighted by atomic mass is 16.6. The van der Waals surface area contributed by atoms with Crippen molar-refractivity contribution in [3.8, 4) is 0 Å². The van der Waals surface area contributed by atoms with Crippen LogP contribution in [-0.4, -0.2) is 52.7 Å². The van der Waals surface area contributed by atoms with Crippen molar-refractivity contribution in [1.29, 1.82) is 0 Å². The lowest BCUT2D eigenvalue weighted by molar-refractivity contribution is -0.156. The molecule has 1 amide bonds. The molecule has 0 saturated heterocycles. The molecule has 0 bridgehead atoms. The van der Waals surface area contributed by atoms with Crippen LogP contribution in [0.2, 0.25) is 0 Å². The summed E-state index contributed by atoms with van der Waals surface area (Å²) in [6.07, 6.45) is 7.29. The number of rotatable bonds is 18. The number of aliphatic carboxylic acids is 1. The van der Waals surface area contributed by atoms with Gasteiger partial charge in [0.05, 0.1) is 6.61 Å². The molecule has 0 aliphatic rings. The monoisotopic (exact) mass is 500 g/mol. The molecular formula is C26H48N2O7. The Morgan fingerprint density at radius 1 is 0.886 bits per heavy atom. The second-order valence-corrected chi connectivity index (χ2v) is 11.0. The number of hydrogen-bond acceptors (Lipinski definition) is 7. The number of esters is 2. The molecule has 35 heavy (non-hydrogen) atoms. The van der Waals surface area contributed by atoms with E-state index in [1.807, 2.05) is 13.8 Å². The third-order valence-electron chi connectivity index (χ3n) is 5.36. The molecule has 9 nitrogen and oxygen atoms in total. The van der Waals surface area contributed by atoms with Crippen LogP contribution in [0.4, 0.5) is 0 Å². The van der Waals surface area contributed by atoms with E-state index in [-0.39, 0.29) is 24.7 Å². The second-order valence-electron chi connectivity index (χ2n) is 11.0. The second kappa shape index (κ2) is 16.5. The smallest absolute Gasteiger partial charge is 0.326 e. The SMILES string of the molecule is CC(C)C[C@H](NC(=O)CCCCCCCCCOC(=O)C(C)(N)CCC(=O)OC(C)(C)C)C(=O)O. The Morgan fingerprint density at radius 3 is 1.94 bits per heavy atom. The van der Waals surface area contributed by atoms with Gasteiger partial charge in [-0.3, -0.25) is 14.4 Å². The summed E-state index contributed by atoms with van der Waals surface area (Å²) >= 11 is 0. The van der Waals surface area contributed by atoms with E-state index in [2.05, 4.69) is 5.32 Å². The first-order valence-corrected chi connectivity index (χ1v) is 12.8. The highest BCUT2D eigenvalue weighted by Gasteiger charge is 2.31. The molecule has 0 spiro atoms. The number of amides is 1. The topological polar surface area (TPSA) is 145 Å². The third kappa shape index (κ3) is 17.9. The van der Waals surface area contributed by atoms with Crippen LogP contribution < -0.4 is 11.1 Å². The Morgan fingerprint density at radius 2 is 1.43 bits per heavy atom. The first-order chi connectivity index (χ1) is 16.1. The molecule has 0 aromatic rings. The van der Waals surface area contributed by atoms with Crippen LogP contribution in [0.15, 0.2) is 0 Å². The highest BCUT2D eigenvalue weighted by Crippen LogP contribution is 2.16. The molecule has 0 aromatic carbocycles. The van der Waals surface area contributed by atoms with Gasteiger partial charge in [-0.2, -0.15) is 0 Å². The number of carboxylic acids is 1. The Balaban J connectivity index is 3.85. The molecular weight excluding hydrogens is 452 g/mol. The lowest BCUT2D eigenvalue weighted by Crippen LogP contribution is -2.46. The zero-order valence-electron chi connectivity index (χ0n) is 22.6. The van der Waals surface area contributed by atoms with Gasteiger partial charge in [-0.1, -0.05) is 46.0 Å². The summed E-state index contributed by atoms with van der Waals surface area (Å²) in [6, 6.07) is -0.821. The number of carbonyl (C=O) groups is 4. The van der Waals surface area contributed by atoms with Crippen molar-refractivity contribution in [1.82, 2.24) is 5.32 Å². The highest BCUT2D eigenvalue weighted by molar-refractivity contribution is 5.83. The van der Waals surface area contributed by atoms with Crippen molar-refractivity contribution in [2.45, 2.75) is 129 Å². The normalized spacial score (nSPS) is 14.2. The average molecular weight is 501 g/mol. The van der Waals surface area contributed by atoms with Gasteiger partial charge in [0, 0.05) is 12.8 Å². The Kier molecular flexibility index (Phi) is 15.5. The molecule has 204 valence electrons. The number of ether oxygens (including phenoxy) is 2. The van der Waals surface area contributed by atoms with E-state index in [1.165, 1.54) is 0 Å². The largest absolute Gasteiger partial charge is 0.480 e. The minimum absolute atomic E-state index is 0.0547. The zero-order valence-corrected chi connectivity index (χ0v) is 22.6. The molecule has 0 fully saturated rings. The minimum Gasteiger partial charge on any atom is -0.480 e. The first kappa shape index (κ1) is 32.8. The summed E-state index contributed by atoms with van der Waals surface area (Å²) in [6.45, 7) is 11.1. The fourth-order valence-electron chi connectivity index (χ4n) is 3.42. The molecule has 9 heteroatoms. The molecule has 0 radical (unpaired) electrons. The van der Waals surface area contributed by atoms with Gasteiger partial charge in [0.15, 0.2) is 0 Å². The fourth-order valence-corrected chi connectivity index (χ4v) is 3.42. The van der Waals surface area contributed by atoms with Crippen molar-refractivity contribution >= 4 is 23.8 Å². The van der Waals surface area contributed by atoms with Gasteiger partial charge < -0.3 is 25.6 Å². The van der Waals surface area contributed by atoms with Crippen LogP contribution in [0.1, 0.15) is 112 Å². The molecule has 0 rings (SSSR count). The number of nitrogens with one attached hydrogen (secondary N) is 1. The van der Waals surface area contributed by atoms with Crippen LogP contribution in [0, 0.1) is 5.92 Å². The molecule has 4 N–H and O–H groups in total. The van der Waals surface area contributed by atoms with Crippen LogP contribution in [0.25, 0.3) is 0 Å². The molecule has 0 aliphatic carbocycles. The number of nitrogens with two attached hydrogens (primary N) is 1. The maximum Gasteiger partial charge on any atom is 0.326 e. The predicted molar refractivity (Wildman–Crippen MR) is 135 cm³/mol. The van der Waals surface area contributed by atoms with Crippen LogP contribution in [0.3, 0.4) is 0 Å². The van der Waals surface area contributed by atoms with E-state index in [9.17, 15) is 24.3 Å². The fraction of sp³-hybridized carbons (Fsp3) is 0.846. The van der Waals surface area contributed by atoms with Crippen molar-refractivity contribution < 1.29 is 33.8 Å². The number of unbranched alkanes of at least 4 members (excludes halogenated alkanes) is 6. The molecule has 0 aliphatic heterocycles. The number of carboxylic acid groups (broad SMARTS) is 1. The van der Waals surface area contributed by atoms with Gasteiger partial charge in [0.25, 0.3) is 0 Å². The Bertz CT molecular complexity index is 669. The lowest BCUT2D eigenvalue weighted by Gasteiger charge is -2.24. The van der Waals surface area contributed by atoms with E-state index < -0.39 is 35.1 Å². The van der Waals surface area contributed by atoms with Gasteiger partial charge in [-0.15, -0.1) is 0 Å². The summed E-state index contributed by atoms with van der Waals surface area (Å²) in [5.74, 6) is -1.91. The van der Waals surface area contributed by atoms with Gasteiger partial charge in [0.1, 0.15) is 17.2 Å². The summed E-state index contributed by atoms with van der Waals surface area (Å²) in [4.78, 5) is 47.2. The number of carbonyl (C=O) groups excluding carboxylic acids is 3. The predicted octanol–water partition coefficient (Wildman–Crippen LogP) is 4.11. The average Bonchev–Trinajstić information content (AvgIpc) is 2.71.